The molecule has 3 fully saturated rings. The lowest BCUT2D eigenvalue weighted by Crippen LogP contribution is -2.52. The topological polar surface area (TPSA) is 162 Å². The van der Waals surface area contributed by atoms with Gasteiger partial charge in [0.2, 0.25) is 5.56 Å². The van der Waals surface area contributed by atoms with Crippen LogP contribution in [0.25, 0.3) is 10.9 Å². The second-order valence-corrected chi connectivity index (χ2v) is 13.8. The number of hydrogen-bond acceptors (Lipinski definition) is 10. The smallest absolute Gasteiger partial charge is 0.408 e. The van der Waals surface area contributed by atoms with Crippen LogP contribution in [0.4, 0.5) is 4.79 Å². The van der Waals surface area contributed by atoms with E-state index in [1.165, 1.54) is 12.1 Å². The van der Waals surface area contributed by atoms with Crippen LogP contribution in [0.5, 0.6) is 11.5 Å². The highest BCUT2D eigenvalue weighted by Crippen LogP contribution is 2.31. The average molecular weight is 713 g/mol. The summed E-state index contributed by atoms with van der Waals surface area (Å²) in [5.41, 5.74) is 2.27. The van der Waals surface area contributed by atoms with Crippen molar-refractivity contribution in [3.8, 4) is 11.5 Å². The molecule has 0 radical (unpaired) electrons. The first-order valence-corrected chi connectivity index (χ1v) is 18.1. The molecule has 0 saturated carbocycles. The number of phenols is 1. The Labute approximate surface area is 303 Å². The van der Waals surface area contributed by atoms with Crippen molar-refractivity contribution in [3.63, 3.8) is 0 Å². The Hall–Kier alpha value is -4.91. The standard InChI is InChI=1S/C40H48N4O8/c1-26(41-23-34(46)31-13-15-33(45)39-32(31)14-16-36(47)42-39)8-5-6-21-50-37(48)25-51-30-12-7-11-29(22-30)38(28-9-3-2-4-10-28)43-40(49)52-35-24-44-19-17-27(35)18-20-44/h2-4,7,9-16,22,26-27,34-35,38,41,45-46H,5-6,8,17-21,23-25H2,1H3,(H,42,47)(H,43,49)/t26?,34?,35-,38?/m0/s1. The van der Waals surface area contributed by atoms with Gasteiger partial charge < -0.3 is 40.0 Å². The number of aromatic amines is 1. The van der Waals surface area contributed by atoms with Gasteiger partial charge in [-0.3, -0.25) is 9.69 Å². The highest BCUT2D eigenvalue weighted by atomic mass is 16.6. The fraction of sp³-hybridized carbons (Fsp3) is 0.425. The Morgan fingerprint density at radius 3 is 2.54 bits per heavy atom. The first-order chi connectivity index (χ1) is 25.2. The van der Waals surface area contributed by atoms with E-state index in [1.807, 2.05) is 55.5 Å². The zero-order valence-corrected chi connectivity index (χ0v) is 29.5. The van der Waals surface area contributed by atoms with Gasteiger partial charge in [-0.05, 0) is 99.0 Å². The monoisotopic (exact) mass is 712 g/mol. The van der Waals surface area contributed by atoms with E-state index in [1.54, 1.807) is 18.2 Å². The number of amides is 1. The molecule has 1 aromatic heterocycles. The number of carbonyl (C=O) groups excluding carboxylic acids is 2. The van der Waals surface area contributed by atoms with Gasteiger partial charge in [0, 0.05) is 30.6 Å². The Kier molecular flexibility index (Phi) is 12.4. The highest BCUT2D eigenvalue weighted by Gasteiger charge is 2.37. The number of hydrogen-bond donors (Lipinski definition) is 5. The molecular formula is C40H48N4O8. The maximum Gasteiger partial charge on any atom is 0.408 e. The number of unbranched alkanes of at least 4 members (excludes halogenated alkanes) is 1. The van der Waals surface area contributed by atoms with Gasteiger partial charge in [-0.1, -0.05) is 48.5 Å². The predicted octanol–water partition coefficient (Wildman–Crippen LogP) is 4.95. The van der Waals surface area contributed by atoms with Crippen LogP contribution < -0.4 is 20.9 Å². The molecular weight excluding hydrogens is 664 g/mol. The lowest BCUT2D eigenvalue weighted by molar-refractivity contribution is -0.146. The van der Waals surface area contributed by atoms with Crippen molar-refractivity contribution in [2.75, 3.05) is 39.4 Å². The molecule has 3 aliphatic heterocycles. The first-order valence-electron chi connectivity index (χ1n) is 18.1. The third-order valence-corrected chi connectivity index (χ3v) is 10.0. The summed E-state index contributed by atoms with van der Waals surface area (Å²) in [5, 5.41) is 27.9. The molecule has 12 nitrogen and oxygen atoms in total. The van der Waals surface area contributed by atoms with Gasteiger partial charge in [0.15, 0.2) is 6.61 Å². The fourth-order valence-corrected chi connectivity index (χ4v) is 7.12. The number of nitrogens with one attached hydrogen (secondary N) is 3. The molecule has 2 bridgehead atoms. The Bertz CT molecular complexity index is 1860. The molecule has 3 aromatic carbocycles. The number of fused-ring (bicyclic) bond motifs is 4. The second kappa shape index (κ2) is 17.5. The van der Waals surface area contributed by atoms with E-state index in [-0.39, 0.29) is 36.7 Å². The summed E-state index contributed by atoms with van der Waals surface area (Å²) in [7, 11) is 0. The molecule has 4 aromatic rings. The molecule has 12 heteroatoms. The van der Waals surface area contributed by atoms with Gasteiger partial charge in [0.25, 0.3) is 0 Å². The number of aromatic hydroxyl groups is 1. The molecule has 1 amide bonds. The summed E-state index contributed by atoms with van der Waals surface area (Å²) in [5.74, 6) is 0.370. The Morgan fingerprint density at radius 2 is 1.77 bits per heavy atom. The van der Waals surface area contributed by atoms with Crippen molar-refractivity contribution >= 4 is 23.0 Å². The van der Waals surface area contributed by atoms with Crippen molar-refractivity contribution in [1.29, 1.82) is 0 Å². The van der Waals surface area contributed by atoms with Gasteiger partial charge in [-0.2, -0.15) is 0 Å². The number of H-pyrrole nitrogens is 1. The number of alkyl carbamates (subject to hydrolysis) is 1. The summed E-state index contributed by atoms with van der Waals surface area (Å²) in [6.07, 6.45) is 3.00. The summed E-state index contributed by atoms with van der Waals surface area (Å²) in [6.45, 7) is 5.24. The number of aromatic nitrogens is 1. The molecule has 276 valence electrons. The van der Waals surface area contributed by atoms with Crippen LogP contribution in [-0.4, -0.2) is 83.7 Å². The second-order valence-electron chi connectivity index (χ2n) is 13.8. The minimum absolute atomic E-state index is 0.0500. The quantitative estimate of drug-likeness (QED) is 0.0794. The minimum atomic E-state index is -0.838. The van der Waals surface area contributed by atoms with E-state index in [4.69, 9.17) is 14.2 Å². The molecule has 52 heavy (non-hydrogen) atoms. The maximum absolute atomic E-state index is 13.1. The largest absolute Gasteiger partial charge is 0.506 e. The first kappa shape index (κ1) is 36.9. The van der Waals surface area contributed by atoms with E-state index in [0.717, 1.165) is 56.4 Å². The summed E-state index contributed by atoms with van der Waals surface area (Å²) < 4.78 is 17.1. The third-order valence-electron chi connectivity index (χ3n) is 10.0. The van der Waals surface area contributed by atoms with Gasteiger partial charge >= 0.3 is 12.1 Å². The number of phenolic OH excluding ortho intramolecular Hbond substituents is 1. The highest BCUT2D eigenvalue weighted by molar-refractivity contribution is 5.87. The Balaban J connectivity index is 0.918. The van der Waals surface area contributed by atoms with Crippen molar-refractivity contribution < 1.29 is 34.0 Å². The maximum atomic E-state index is 13.1. The van der Waals surface area contributed by atoms with E-state index in [9.17, 15) is 24.6 Å². The van der Waals surface area contributed by atoms with Crippen molar-refractivity contribution in [1.82, 2.24) is 20.5 Å². The zero-order valence-electron chi connectivity index (χ0n) is 29.5. The summed E-state index contributed by atoms with van der Waals surface area (Å²) in [4.78, 5) is 42.3. The van der Waals surface area contributed by atoms with Crippen LogP contribution >= 0.6 is 0 Å². The molecule has 3 aliphatic rings. The van der Waals surface area contributed by atoms with Crippen molar-refractivity contribution in [3.05, 3.63) is 106 Å². The molecule has 4 heterocycles. The fourth-order valence-electron chi connectivity index (χ4n) is 7.12. The number of ether oxygens (including phenoxy) is 3. The number of aliphatic hydroxyl groups excluding tert-OH is 1. The number of benzene rings is 3. The third kappa shape index (κ3) is 9.69. The number of esters is 1. The number of piperidine rings is 3. The van der Waals surface area contributed by atoms with E-state index in [0.29, 0.717) is 41.1 Å². The average Bonchev–Trinajstić information content (AvgIpc) is 3.16. The lowest BCUT2D eigenvalue weighted by Gasteiger charge is -2.43. The predicted molar refractivity (Wildman–Crippen MR) is 196 cm³/mol. The van der Waals surface area contributed by atoms with Gasteiger partial charge in [-0.15, -0.1) is 0 Å². The van der Waals surface area contributed by atoms with Crippen LogP contribution in [0.1, 0.15) is 67.9 Å². The SMILES string of the molecule is CC(CCCCOC(=O)COc1cccc(C(NC(=O)O[C@H]2CN3CCC2CC3)c2ccccc2)c1)NCC(O)c1ccc(O)c2[nH]c(=O)ccc12. The van der Waals surface area contributed by atoms with E-state index < -0.39 is 24.2 Å². The van der Waals surface area contributed by atoms with Crippen LogP contribution in [0, 0.1) is 5.92 Å². The molecule has 0 aliphatic carbocycles. The molecule has 3 unspecified atom stereocenters. The number of aliphatic hydroxyl groups is 1. The van der Waals surface area contributed by atoms with Crippen LogP contribution in [0.3, 0.4) is 0 Å². The number of pyridine rings is 1. The number of carbonyl (C=O) groups is 2. The van der Waals surface area contributed by atoms with Crippen LogP contribution in [-0.2, 0) is 14.3 Å². The van der Waals surface area contributed by atoms with Crippen molar-refractivity contribution in [2.24, 2.45) is 5.92 Å². The summed E-state index contributed by atoms with van der Waals surface area (Å²) >= 11 is 0. The summed E-state index contributed by atoms with van der Waals surface area (Å²) in [6, 6.07) is 22.7. The number of rotatable bonds is 16. The van der Waals surface area contributed by atoms with Gasteiger partial charge in [0.1, 0.15) is 17.6 Å². The van der Waals surface area contributed by atoms with E-state index >= 15 is 0 Å². The molecule has 7 rings (SSSR count). The minimum Gasteiger partial charge on any atom is -0.506 e. The molecule has 5 N–H and O–H groups in total. The molecule has 3 saturated heterocycles. The van der Waals surface area contributed by atoms with Crippen LogP contribution in [0.2, 0.25) is 0 Å². The van der Waals surface area contributed by atoms with E-state index in [2.05, 4.69) is 20.5 Å². The van der Waals surface area contributed by atoms with Gasteiger partial charge in [0.05, 0.1) is 24.3 Å². The normalized spacial score (nSPS) is 19.8. The molecule has 4 atom stereocenters. The Morgan fingerprint density at radius 1 is 0.981 bits per heavy atom. The molecule has 0 spiro atoms. The lowest BCUT2D eigenvalue weighted by atomic mass is 9.86. The number of nitrogens with zero attached hydrogens (tertiary/aromatic N) is 1. The van der Waals surface area contributed by atoms with Gasteiger partial charge in [-0.25, -0.2) is 9.59 Å². The van der Waals surface area contributed by atoms with Crippen molar-refractivity contribution in [2.45, 2.75) is 63.3 Å². The zero-order chi connectivity index (χ0) is 36.5. The van der Waals surface area contributed by atoms with Crippen LogP contribution in [0.15, 0.2) is 83.7 Å².